The monoisotopic (exact) mass is 444 g/mol. The van der Waals surface area contributed by atoms with Crippen LogP contribution in [0.4, 0.5) is 5.82 Å². The Labute approximate surface area is 191 Å². The van der Waals surface area contributed by atoms with Gasteiger partial charge in [0.1, 0.15) is 17.3 Å². The Morgan fingerprint density at radius 1 is 0.969 bits per heavy atom. The minimum Gasteiger partial charge on any atom is -0.353 e. The van der Waals surface area contributed by atoms with E-state index >= 15 is 0 Å². The molecule has 4 aromatic rings. The highest BCUT2D eigenvalue weighted by Gasteiger charge is 2.27. The molecule has 0 saturated carbocycles. The summed E-state index contributed by atoms with van der Waals surface area (Å²) < 4.78 is 1.80. The smallest absolute Gasteiger partial charge is 0.257 e. The Morgan fingerprint density at radius 2 is 1.75 bits per heavy atom. The number of anilines is 1. The number of amides is 1. The molecule has 0 unspecified atom stereocenters. The van der Waals surface area contributed by atoms with Crippen molar-refractivity contribution in [2.45, 2.75) is 13.8 Å². The molecule has 4 heterocycles. The predicted molar refractivity (Wildman–Crippen MR) is 126 cm³/mol. The van der Waals surface area contributed by atoms with Crippen molar-refractivity contribution >= 4 is 23.1 Å². The summed E-state index contributed by atoms with van der Waals surface area (Å²) in [5, 5.41) is 6.78. The fourth-order valence-electron chi connectivity index (χ4n) is 4.01. The van der Waals surface area contributed by atoms with Crippen LogP contribution in [-0.2, 0) is 0 Å². The van der Waals surface area contributed by atoms with Crippen LogP contribution in [0.2, 0.25) is 0 Å². The van der Waals surface area contributed by atoms with Crippen molar-refractivity contribution in [2.75, 3.05) is 31.1 Å². The summed E-state index contributed by atoms with van der Waals surface area (Å²) in [7, 11) is 0. The summed E-state index contributed by atoms with van der Waals surface area (Å²) >= 11 is 1.59. The highest BCUT2D eigenvalue weighted by atomic mass is 32.1. The molecular weight excluding hydrogens is 420 g/mol. The fraction of sp³-hybridized carbons (Fsp3) is 0.250. The predicted octanol–water partition coefficient (Wildman–Crippen LogP) is 3.97. The van der Waals surface area contributed by atoms with Crippen molar-refractivity contribution in [3.8, 4) is 16.3 Å². The number of rotatable bonds is 4. The van der Waals surface area contributed by atoms with Gasteiger partial charge in [-0.15, -0.1) is 11.3 Å². The molecule has 0 bridgehead atoms. The first-order chi connectivity index (χ1) is 15.6. The van der Waals surface area contributed by atoms with Crippen molar-refractivity contribution in [1.82, 2.24) is 24.6 Å². The molecule has 0 atom stereocenters. The maximum absolute atomic E-state index is 13.5. The maximum atomic E-state index is 13.5. The van der Waals surface area contributed by atoms with Gasteiger partial charge in [0, 0.05) is 44.1 Å². The molecule has 1 aromatic carbocycles. The molecular formula is C24H24N6OS. The molecule has 162 valence electrons. The van der Waals surface area contributed by atoms with Crippen LogP contribution < -0.4 is 4.90 Å². The quantitative estimate of drug-likeness (QED) is 0.477. The summed E-state index contributed by atoms with van der Waals surface area (Å²) in [6, 6.07) is 15.9. The maximum Gasteiger partial charge on any atom is 0.257 e. The zero-order valence-corrected chi connectivity index (χ0v) is 18.9. The van der Waals surface area contributed by atoms with Crippen LogP contribution in [-0.4, -0.2) is 56.7 Å². The number of benzene rings is 1. The average molecular weight is 445 g/mol. The third-order valence-corrected chi connectivity index (χ3v) is 6.44. The molecule has 1 aliphatic heterocycles. The third-order valence-electron chi connectivity index (χ3n) is 5.56. The second kappa shape index (κ2) is 8.55. The highest BCUT2D eigenvalue weighted by molar-refractivity contribution is 7.13. The lowest BCUT2D eigenvalue weighted by atomic mass is 10.1. The summed E-state index contributed by atoms with van der Waals surface area (Å²) in [5.74, 6) is 1.72. The number of carbonyl (C=O) groups is 1. The van der Waals surface area contributed by atoms with Crippen molar-refractivity contribution in [2.24, 2.45) is 0 Å². The molecule has 7 nitrogen and oxygen atoms in total. The van der Waals surface area contributed by atoms with Crippen LogP contribution in [0, 0.1) is 13.8 Å². The van der Waals surface area contributed by atoms with Crippen LogP contribution in [0.3, 0.4) is 0 Å². The molecule has 1 amide bonds. The molecule has 0 radical (unpaired) electrons. The molecule has 1 saturated heterocycles. The second-order valence-electron chi connectivity index (χ2n) is 7.84. The first-order valence-electron chi connectivity index (χ1n) is 10.6. The minimum absolute atomic E-state index is 0.0188. The Bertz CT molecular complexity index is 1210. The number of aromatic nitrogens is 4. The van der Waals surface area contributed by atoms with Gasteiger partial charge in [0.25, 0.3) is 5.91 Å². The molecule has 32 heavy (non-hydrogen) atoms. The van der Waals surface area contributed by atoms with E-state index in [0.717, 1.165) is 46.7 Å². The van der Waals surface area contributed by atoms with Gasteiger partial charge < -0.3 is 9.80 Å². The zero-order valence-electron chi connectivity index (χ0n) is 18.1. The Balaban J connectivity index is 1.39. The third kappa shape index (κ3) is 4.01. The van der Waals surface area contributed by atoms with E-state index in [-0.39, 0.29) is 5.91 Å². The standard InChI is InChI=1S/C24H24N6OS/c1-17-15-22(26-18(2)25-17)28-10-12-29(13-11-28)24(31)20-16-30(19-7-4-3-5-8-19)27-23(20)21-9-6-14-32-21/h3-9,14-16H,10-13H2,1-2H3. The minimum atomic E-state index is 0.0188. The van der Waals surface area contributed by atoms with E-state index in [4.69, 9.17) is 5.10 Å². The lowest BCUT2D eigenvalue weighted by molar-refractivity contribution is 0.0747. The number of piperazine rings is 1. The van der Waals surface area contributed by atoms with Gasteiger partial charge in [-0.25, -0.2) is 14.6 Å². The first kappa shape index (κ1) is 20.4. The Kier molecular flexibility index (Phi) is 5.45. The lowest BCUT2D eigenvalue weighted by Gasteiger charge is -2.35. The van der Waals surface area contributed by atoms with Crippen molar-refractivity contribution in [3.63, 3.8) is 0 Å². The van der Waals surface area contributed by atoms with Crippen LogP contribution >= 0.6 is 11.3 Å². The molecule has 0 aliphatic carbocycles. The van der Waals surface area contributed by atoms with Gasteiger partial charge in [-0.3, -0.25) is 4.79 Å². The van der Waals surface area contributed by atoms with Crippen LogP contribution in [0.25, 0.3) is 16.3 Å². The molecule has 5 rings (SSSR count). The Morgan fingerprint density at radius 3 is 2.44 bits per heavy atom. The number of hydrogen-bond donors (Lipinski definition) is 0. The van der Waals surface area contributed by atoms with Crippen molar-refractivity contribution in [1.29, 1.82) is 0 Å². The average Bonchev–Trinajstić information content (AvgIpc) is 3.49. The summed E-state index contributed by atoms with van der Waals surface area (Å²) in [4.78, 5) is 27.6. The van der Waals surface area contributed by atoms with Gasteiger partial charge in [0.05, 0.1) is 16.1 Å². The second-order valence-corrected chi connectivity index (χ2v) is 8.79. The van der Waals surface area contributed by atoms with E-state index < -0.39 is 0 Å². The van der Waals surface area contributed by atoms with E-state index in [1.54, 1.807) is 16.0 Å². The molecule has 3 aromatic heterocycles. The SMILES string of the molecule is Cc1cc(N2CCN(C(=O)c3cn(-c4ccccc4)nc3-c3cccs3)CC2)nc(C)n1. The van der Waals surface area contributed by atoms with E-state index in [2.05, 4.69) is 14.9 Å². The van der Waals surface area contributed by atoms with Gasteiger partial charge >= 0.3 is 0 Å². The van der Waals surface area contributed by atoms with E-state index in [1.165, 1.54) is 0 Å². The van der Waals surface area contributed by atoms with Gasteiger partial charge in [-0.05, 0) is 37.4 Å². The highest BCUT2D eigenvalue weighted by Crippen LogP contribution is 2.29. The van der Waals surface area contributed by atoms with Crippen molar-refractivity contribution in [3.05, 3.63) is 77.2 Å². The molecule has 0 N–H and O–H groups in total. The summed E-state index contributed by atoms with van der Waals surface area (Å²) in [6.07, 6.45) is 1.86. The van der Waals surface area contributed by atoms with Crippen LogP contribution in [0.1, 0.15) is 21.9 Å². The molecule has 1 aliphatic rings. The number of para-hydroxylation sites is 1. The van der Waals surface area contributed by atoms with Gasteiger partial charge in [-0.2, -0.15) is 5.10 Å². The molecule has 8 heteroatoms. The topological polar surface area (TPSA) is 67.2 Å². The number of hydrogen-bond acceptors (Lipinski definition) is 6. The molecule has 0 spiro atoms. The van der Waals surface area contributed by atoms with E-state index in [1.807, 2.05) is 78.9 Å². The largest absolute Gasteiger partial charge is 0.353 e. The van der Waals surface area contributed by atoms with Crippen LogP contribution in [0.5, 0.6) is 0 Å². The zero-order chi connectivity index (χ0) is 22.1. The van der Waals surface area contributed by atoms with Crippen LogP contribution in [0.15, 0.2) is 60.1 Å². The van der Waals surface area contributed by atoms with Gasteiger partial charge in [-0.1, -0.05) is 24.3 Å². The number of thiophene rings is 1. The van der Waals surface area contributed by atoms with E-state index in [9.17, 15) is 4.79 Å². The normalized spacial score (nSPS) is 14.1. The van der Waals surface area contributed by atoms with Gasteiger partial charge in [0.2, 0.25) is 0 Å². The van der Waals surface area contributed by atoms with Gasteiger partial charge in [0.15, 0.2) is 0 Å². The summed E-state index contributed by atoms with van der Waals surface area (Å²) in [6.45, 7) is 6.65. The lowest BCUT2D eigenvalue weighted by Crippen LogP contribution is -2.49. The number of nitrogens with zero attached hydrogens (tertiary/aromatic N) is 6. The fourth-order valence-corrected chi connectivity index (χ4v) is 4.73. The molecule has 1 fully saturated rings. The first-order valence-corrected chi connectivity index (χ1v) is 11.5. The number of aryl methyl sites for hydroxylation is 2. The summed E-state index contributed by atoms with van der Waals surface area (Å²) in [5.41, 5.74) is 3.26. The van der Waals surface area contributed by atoms with Crippen molar-refractivity contribution < 1.29 is 4.79 Å². The Hall–Kier alpha value is -3.52. The van der Waals surface area contributed by atoms with E-state index in [0.29, 0.717) is 18.7 Å². The number of carbonyl (C=O) groups excluding carboxylic acids is 1.